The Bertz CT molecular complexity index is 1080. The molecule has 0 aliphatic heterocycles. The number of hydrogen-bond acceptors (Lipinski definition) is 9. The minimum absolute atomic E-state index is 0.912. The van der Waals surface area contributed by atoms with Crippen LogP contribution in [0.5, 0.6) is 0 Å². The van der Waals surface area contributed by atoms with E-state index < -0.39 is 36.4 Å². The first-order chi connectivity index (χ1) is 17.0. The van der Waals surface area contributed by atoms with E-state index in [4.69, 9.17) is 20.4 Å². The van der Waals surface area contributed by atoms with Gasteiger partial charge in [-0.1, -0.05) is 12.1 Å². The van der Waals surface area contributed by atoms with E-state index in [1.165, 1.54) is 15.3 Å². The van der Waals surface area contributed by atoms with Crippen molar-refractivity contribution in [3.63, 3.8) is 0 Å². The summed E-state index contributed by atoms with van der Waals surface area (Å²) in [7, 11) is 4.25. The SMILES string of the molecule is CN(C)CCN(Cc1cccs1)Cc1cn[nH]c1-c1cccs1.O=C(O)CC(O)(CC(=O)O)C(=O)O. The second kappa shape index (κ2) is 13.8. The fraction of sp³-hybridized carbons (Fsp3) is 0.391. The topological polar surface area (TPSA) is 167 Å². The number of rotatable bonds is 13. The molecule has 11 nitrogen and oxygen atoms in total. The van der Waals surface area contributed by atoms with Crippen LogP contribution in [-0.4, -0.2) is 91.1 Å². The van der Waals surface area contributed by atoms with Gasteiger partial charge in [0.15, 0.2) is 5.60 Å². The van der Waals surface area contributed by atoms with E-state index in [2.05, 4.69) is 69.1 Å². The molecule has 0 fully saturated rings. The summed E-state index contributed by atoms with van der Waals surface area (Å²) in [5.74, 6) is -5.02. The minimum atomic E-state index is -2.74. The van der Waals surface area contributed by atoms with Crippen LogP contribution in [-0.2, 0) is 27.5 Å². The van der Waals surface area contributed by atoms with E-state index in [0.29, 0.717) is 0 Å². The number of aromatic nitrogens is 2. The van der Waals surface area contributed by atoms with Crippen molar-refractivity contribution >= 4 is 40.6 Å². The fourth-order valence-corrected chi connectivity index (χ4v) is 4.70. The van der Waals surface area contributed by atoms with E-state index in [1.54, 1.807) is 11.3 Å². The Hall–Kier alpha value is -3.10. The zero-order valence-corrected chi connectivity index (χ0v) is 21.6. The second-order valence-corrected chi connectivity index (χ2v) is 10.3. The lowest BCUT2D eigenvalue weighted by Crippen LogP contribution is -2.42. The molecule has 3 aromatic rings. The number of carbonyl (C=O) groups is 3. The van der Waals surface area contributed by atoms with Gasteiger partial charge in [-0.3, -0.25) is 19.6 Å². The molecule has 5 N–H and O–H groups in total. The quantitative estimate of drug-likeness (QED) is 0.218. The average Bonchev–Trinajstić information content (AvgIpc) is 3.54. The highest BCUT2D eigenvalue weighted by Crippen LogP contribution is 2.27. The van der Waals surface area contributed by atoms with Crippen LogP contribution in [0.4, 0.5) is 0 Å². The molecule has 0 radical (unpaired) electrons. The van der Waals surface area contributed by atoms with Gasteiger partial charge in [0, 0.05) is 36.6 Å². The van der Waals surface area contributed by atoms with Crippen molar-refractivity contribution in [1.82, 2.24) is 20.0 Å². The Labute approximate surface area is 216 Å². The van der Waals surface area contributed by atoms with Crippen LogP contribution < -0.4 is 0 Å². The number of nitrogens with one attached hydrogen (secondary N) is 1. The average molecular weight is 539 g/mol. The van der Waals surface area contributed by atoms with Gasteiger partial charge in [0.25, 0.3) is 0 Å². The smallest absolute Gasteiger partial charge is 0.336 e. The highest BCUT2D eigenvalue weighted by atomic mass is 32.1. The Morgan fingerprint density at radius 3 is 2.11 bits per heavy atom. The number of carboxylic acids is 3. The van der Waals surface area contributed by atoms with Gasteiger partial charge in [0.2, 0.25) is 0 Å². The van der Waals surface area contributed by atoms with E-state index in [0.717, 1.165) is 31.9 Å². The summed E-state index contributed by atoms with van der Waals surface area (Å²) in [5, 5.41) is 45.5. The molecule has 0 saturated heterocycles. The lowest BCUT2D eigenvalue weighted by atomic mass is 9.96. The number of carboxylic acid groups (broad SMARTS) is 3. The standard InChI is InChI=1S/C17H22N4S2.C6H8O7/c1-20(2)7-8-21(13-15-5-3-9-22-15)12-14-11-18-19-17(14)16-6-4-10-23-16;7-3(8)1-6(13,5(11)12)2-4(9)10/h3-6,9-11H,7-8,12-13H2,1-2H3,(H,18,19);13H,1-2H2,(H,7,8)(H,9,10)(H,11,12). The van der Waals surface area contributed by atoms with Crippen LogP contribution in [0.1, 0.15) is 23.3 Å². The molecule has 3 rings (SSSR count). The van der Waals surface area contributed by atoms with Crippen LogP contribution in [0.2, 0.25) is 0 Å². The van der Waals surface area contributed by atoms with Crippen molar-refractivity contribution in [2.45, 2.75) is 31.5 Å². The third kappa shape index (κ3) is 9.51. The number of hydrogen-bond donors (Lipinski definition) is 5. The zero-order chi connectivity index (χ0) is 26.7. The summed E-state index contributed by atoms with van der Waals surface area (Å²) in [6, 6.07) is 8.56. The molecule has 0 atom stereocenters. The van der Waals surface area contributed by atoms with E-state index in [9.17, 15) is 14.4 Å². The van der Waals surface area contributed by atoms with Gasteiger partial charge >= 0.3 is 17.9 Å². The number of aromatic amines is 1. The summed E-state index contributed by atoms with van der Waals surface area (Å²) >= 11 is 3.57. The number of H-pyrrole nitrogens is 1. The Kier molecular flexibility index (Phi) is 11.2. The molecule has 36 heavy (non-hydrogen) atoms. The van der Waals surface area contributed by atoms with Crippen LogP contribution in [0.25, 0.3) is 10.6 Å². The predicted octanol–water partition coefficient (Wildman–Crippen LogP) is 2.51. The van der Waals surface area contributed by atoms with E-state index in [1.807, 2.05) is 17.5 Å². The highest BCUT2D eigenvalue weighted by molar-refractivity contribution is 7.13. The molecule has 0 bridgehead atoms. The van der Waals surface area contributed by atoms with Gasteiger partial charge in [-0.15, -0.1) is 22.7 Å². The predicted molar refractivity (Wildman–Crippen MR) is 136 cm³/mol. The molecule has 0 aliphatic carbocycles. The maximum Gasteiger partial charge on any atom is 0.336 e. The highest BCUT2D eigenvalue weighted by Gasteiger charge is 2.40. The van der Waals surface area contributed by atoms with Crippen LogP contribution in [0.15, 0.2) is 41.2 Å². The summed E-state index contributed by atoms with van der Waals surface area (Å²) in [6.45, 7) is 3.99. The number of thiophene rings is 2. The summed E-state index contributed by atoms with van der Waals surface area (Å²) in [5.41, 5.74) is -0.318. The molecule has 3 heterocycles. The molecule has 0 unspecified atom stereocenters. The first kappa shape index (κ1) is 29.1. The van der Waals surface area contributed by atoms with E-state index >= 15 is 0 Å². The summed E-state index contributed by atoms with van der Waals surface area (Å²) in [6.07, 6.45) is -0.324. The van der Waals surface area contributed by atoms with Crippen molar-refractivity contribution < 1.29 is 34.8 Å². The Morgan fingerprint density at radius 1 is 0.972 bits per heavy atom. The van der Waals surface area contributed by atoms with Gasteiger partial charge in [-0.25, -0.2) is 4.79 Å². The molecule has 0 aromatic carbocycles. The van der Waals surface area contributed by atoms with Crippen LogP contribution in [0, 0.1) is 0 Å². The van der Waals surface area contributed by atoms with Gasteiger partial charge in [0.1, 0.15) is 0 Å². The fourth-order valence-electron chi connectivity index (χ4n) is 3.20. The molecule has 0 amide bonds. The Morgan fingerprint density at radius 2 is 1.61 bits per heavy atom. The monoisotopic (exact) mass is 538 g/mol. The first-order valence-electron chi connectivity index (χ1n) is 10.8. The maximum absolute atomic E-state index is 10.3. The van der Waals surface area contributed by atoms with Gasteiger partial charge < -0.3 is 25.3 Å². The normalized spacial score (nSPS) is 11.4. The number of nitrogens with zero attached hydrogens (tertiary/aromatic N) is 3. The van der Waals surface area contributed by atoms with E-state index in [-0.39, 0.29) is 0 Å². The largest absolute Gasteiger partial charge is 0.481 e. The molecular formula is C23H30N4O7S2. The third-order valence-corrected chi connectivity index (χ3v) is 6.74. The number of aliphatic carboxylic acids is 3. The summed E-state index contributed by atoms with van der Waals surface area (Å²) in [4.78, 5) is 37.9. The number of aliphatic hydroxyl groups is 1. The molecule has 13 heteroatoms. The minimum Gasteiger partial charge on any atom is -0.481 e. The second-order valence-electron chi connectivity index (χ2n) is 8.32. The van der Waals surface area contributed by atoms with Crippen molar-refractivity contribution in [2.24, 2.45) is 0 Å². The van der Waals surface area contributed by atoms with Gasteiger partial charge in [-0.05, 0) is 37.0 Å². The molecular weight excluding hydrogens is 508 g/mol. The zero-order valence-electron chi connectivity index (χ0n) is 20.0. The maximum atomic E-state index is 10.3. The van der Waals surface area contributed by atoms with Crippen molar-refractivity contribution in [2.75, 3.05) is 27.2 Å². The number of likely N-dealkylation sites (N-methyl/N-ethyl adjacent to an activating group) is 1. The Balaban J connectivity index is 0.000000302. The van der Waals surface area contributed by atoms with Crippen molar-refractivity contribution in [3.8, 4) is 10.6 Å². The van der Waals surface area contributed by atoms with Gasteiger partial charge in [0.05, 0.1) is 29.6 Å². The van der Waals surface area contributed by atoms with Crippen LogP contribution in [0.3, 0.4) is 0 Å². The van der Waals surface area contributed by atoms with Gasteiger partial charge in [-0.2, -0.15) is 5.10 Å². The third-order valence-electron chi connectivity index (χ3n) is 4.99. The molecule has 0 aliphatic rings. The molecule has 0 spiro atoms. The summed E-state index contributed by atoms with van der Waals surface area (Å²) < 4.78 is 0. The molecule has 3 aromatic heterocycles. The lowest BCUT2D eigenvalue weighted by Gasteiger charge is -2.23. The van der Waals surface area contributed by atoms with Crippen molar-refractivity contribution in [1.29, 1.82) is 0 Å². The molecule has 196 valence electrons. The van der Waals surface area contributed by atoms with Crippen molar-refractivity contribution in [3.05, 3.63) is 51.7 Å². The lowest BCUT2D eigenvalue weighted by molar-refractivity contribution is -0.170. The van der Waals surface area contributed by atoms with Crippen LogP contribution >= 0.6 is 22.7 Å². The first-order valence-corrected chi connectivity index (χ1v) is 12.6. The molecule has 0 saturated carbocycles.